The van der Waals surface area contributed by atoms with E-state index in [1.807, 2.05) is 0 Å². The number of carbonyl (C=O) groups is 6. The smallest absolute Gasteiger partial charge is 0.338 e. The molecule has 0 spiro atoms. The quantitative estimate of drug-likeness (QED) is 0.208. The summed E-state index contributed by atoms with van der Waals surface area (Å²) in [6, 6.07) is 23.6. The Bertz CT molecular complexity index is 1800. The van der Waals surface area contributed by atoms with Gasteiger partial charge in [0.05, 0.1) is 22.8 Å². The minimum Gasteiger partial charge on any atom is -0.463 e. The van der Waals surface area contributed by atoms with Crippen LogP contribution >= 0.6 is 0 Å². The second-order valence-corrected chi connectivity index (χ2v) is 12.5. The van der Waals surface area contributed by atoms with Gasteiger partial charge >= 0.3 is 35.8 Å². The van der Waals surface area contributed by atoms with Crippen LogP contribution in [0.15, 0.2) is 91.0 Å². The Morgan fingerprint density at radius 2 is 0.945 bits per heavy atom. The SMILES string of the molecule is CC(=O)OC[C@H]1O[C@H](O)[C@H](O[C@@H]2O[C@H](C)[C@H](OC(=O)c3ccccc3)[C@H](OC(=O)c3ccccc3)[C@H]2OC(=O)c2ccccc2)[C@@H](OC(C)=O)[C@H]1OC(C)=O. The average Bonchev–Trinajstić information content (AvgIpc) is 3.16. The van der Waals surface area contributed by atoms with Gasteiger partial charge in [-0.3, -0.25) is 14.4 Å². The molecule has 2 heterocycles. The summed E-state index contributed by atoms with van der Waals surface area (Å²) < 4.78 is 51.9. The van der Waals surface area contributed by atoms with Gasteiger partial charge in [0, 0.05) is 20.8 Å². The minimum absolute atomic E-state index is 0.0768. The Morgan fingerprint density at radius 1 is 0.527 bits per heavy atom. The van der Waals surface area contributed by atoms with Crippen LogP contribution in [0.5, 0.6) is 0 Å². The first-order valence-corrected chi connectivity index (χ1v) is 17.2. The van der Waals surface area contributed by atoms with Gasteiger partial charge in [0.1, 0.15) is 12.7 Å². The van der Waals surface area contributed by atoms with Gasteiger partial charge in [-0.25, -0.2) is 14.4 Å². The molecule has 1 N–H and O–H groups in total. The monoisotopic (exact) mass is 764 g/mol. The van der Waals surface area contributed by atoms with Crippen LogP contribution in [0.2, 0.25) is 0 Å². The van der Waals surface area contributed by atoms with E-state index in [4.69, 9.17) is 42.6 Å². The van der Waals surface area contributed by atoms with Crippen LogP contribution in [0.3, 0.4) is 0 Å². The maximum atomic E-state index is 13.7. The van der Waals surface area contributed by atoms with Crippen LogP contribution in [-0.2, 0) is 57.0 Å². The highest BCUT2D eigenvalue weighted by Gasteiger charge is 2.56. The molecule has 0 unspecified atom stereocenters. The van der Waals surface area contributed by atoms with Gasteiger partial charge in [-0.1, -0.05) is 54.6 Å². The zero-order valence-corrected chi connectivity index (χ0v) is 30.2. The van der Waals surface area contributed by atoms with Crippen LogP contribution in [0.4, 0.5) is 0 Å². The number of hydrogen-bond donors (Lipinski definition) is 1. The molecule has 16 heteroatoms. The number of hydrogen-bond acceptors (Lipinski definition) is 16. The number of aliphatic hydroxyl groups is 1. The molecule has 3 aromatic rings. The first-order chi connectivity index (χ1) is 26.3. The maximum Gasteiger partial charge on any atom is 0.338 e. The summed E-state index contributed by atoms with van der Waals surface area (Å²) >= 11 is 0. The van der Waals surface area contributed by atoms with E-state index in [1.54, 1.807) is 54.6 Å². The van der Waals surface area contributed by atoms with Crippen molar-refractivity contribution in [3.8, 4) is 0 Å². The van der Waals surface area contributed by atoms with Gasteiger partial charge in [-0.2, -0.15) is 0 Å². The summed E-state index contributed by atoms with van der Waals surface area (Å²) in [6.45, 7) is 4.21. The molecule has 292 valence electrons. The lowest BCUT2D eigenvalue weighted by molar-refractivity contribution is -0.358. The topological polar surface area (TPSA) is 206 Å². The van der Waals surface area contributed by atoms with Crippen LogP contribution in [-0.4, -0.2) is 109 Å². The van der Waals surface area contributed by atoms with Crippen LogP contribution in [0, 0.1) is 0 Å². The summed E-state index contributed by atoms with van der Waals surface area (Å²) in [5.41, 5.74) is 0.341. The van der Waals surface area contributed by atoms with Gasteiger partial charge in [0.2, 0.25) is 0 Å². The lowest BCUT2D eigenvalue weighted by Gasteiger charge is -2.47. The third-order valence-corrected chi connectivity index (χ3v) is 8.44. The van der Waals surface area contributed by atoms with Crippen LogP contribution in [0.25, 0.3) is 0 Å². The van der Waals surface area contributed by atoms with Gasteiger partial charge in [0.15, 0.2) is 49.2 Å². The fourth-order valence-electron chi connectivity index (χ4n) is 5.99. The standard InChI is InChI=1S/C39H40O16/c1-21-29(52-35(43)25-14-8-5-9-15-25)31(53-36(44)26-16-10-6-11-17-26)34(54-37(45)27-18-12-7-13-19-27)39(48-21)55-33-32(50-24(4)42)30(49-23(3)41)28(51-38(33)46)20-47-22(2)40/h5-19,21,28-34,38-39,46H,20H2,1-4H3/t21-,28-,29+,30+,31+,32+,33-,34-,38+,39+/m1/s1. The molecule has 2 aliphatic rings. The van der Waals surface area contributed by atoms with Gasteiger partial charge < -0.3 is 47.7 Å². The number of ether oxygens (including phenoxy) is 9. The van der Waals surface area contributed by atoms with E-state index in [9.17, 15) is 33.9 Å². The first kappa shape index (κ1) is 40.5. The molecule has 0 bridgehead atoms. The maximum absolute atomic E-state index is 13.7. The number of carbonyl (C=O) groups excluding carboxylic acids is 6. The van der Waals surface area contributed by atoms with E-state index in [0.29, 0.717) is 0 Å². The number of benzene rings is 3. The van der Waals surface area contributed by atoms with Crippen molar-refractivity contribution in [2.24, 2.45) is 0 Å². The summed E-state index contributed by atoms with van der Waals surface area (Å²) in [7, 11) is 0. The Kier molecular flexibility index (Phi) is 13.7. The highest BCUT2D eigenvalue weighted by molar-refractivity contribution is 5.91. The summed E-state index contributed by atoms with van der Waals surface area (Å²) in [6.07, 6.45) is -15.9. The predicted molar refractivity (Wildman–Crippen MR) is 185 cm³/mol. The van der Waals surface area contributed by atoms with Crippen molar-refractivity contribution >= 4 is 35.8 Å². The van der Waals surface area contributed by atoms with Crippen LogP contribution in [0.1, 0.15) is 58.8 Å². The lowest BCUT2D eigenvalue weighted by atomic mass is 9.96. The Balaban J connectivity index is 1.56. The summed E-state index contributed by atoms with van der Waals surface area (Å²) in [5, 5.41) is 11.3. The van der Waals surface area contributed by atoms with Crippen molar-refractivity contribution in [2.75, 3.05) is 6.61 Å². The lowest BCUT2D eigenvalue weighted by Crippen LogP contribution is -2.66. The van der Waals surface area contributed by atoms with Crippen molar-refractivity contribution in [3.05, 3.63) is 108 Å². The summed E-state index contributed by atoms with van der Waals surface area (Å²) in [4.78, 5) is 77.0. The van der Waals surface area contributed by atoms with Gasteiger partial charge in [-0.05, 0) is 43.3 Å². The molecular weight excluding hydrogens is 724 g/mol. The zero-order valence-electron chi connectivity index (χ0n) is 30.2. The normalized spacial score (nSPS) is 27.4. The third kappa shape index (κ3) is 10.5. The van der Waals surface area contributed by atoms with E-state index in [0.717, 1.165) is 20.8 Å². The van der Waals surface area contributed by atoms with E-state index >= 15 is 0 Å². The van der Waals surface area contributed by atoms with Crippen molar-refractivity contribution < 1.29 is 76.5 Å². The Morgan fingerprint density at radius 3 is 1.40 bits per heavy atom. The van der Waals surface area contributed by atoms with Crippen molar-refractivity contribution in [1.82, 2.24) is 0 Å². The molecule has 0 amide bonds. The van der Waals surface area contributed by atoms with Crippen molar-refractivity contribution in [3.63, 3.8) is 0 Å². The molecular formula is C39H40O16. The fourth-order valence-corrected chi connectivity index (χ4v) is 5.99. The molecule has 2 aliphatic heterocycles. The molecule has 16 nitrogen and oxygen atoms in total. The third-order valence-electron chi connectivity index (χ3n) is 8.44. The largest absolute Gasteiger partial charge is 0.463 e. The Labute approximate surface area is 315 Å². The molecule has 0 saturated carbocycles. The predicted octanol–water partition coefficient (Wildman–Crippen LogP) is 2.94. The molecule has 10 atom stereocenters. The number of aliphatic hydroxyl groups excluding tert-OH is 1. The van der Waals surface area contributed by atoms with Crippen molar-refractivity contribution in [2.45, 2.75) is 89.1 Å². The highest BCUT2D eigenvalue weighted by Crippen LogP contribution is 2.35. The van der Waals surface area contributed by atoms with E-state index in [-0.39, 0.29) is 16.7 Å². The van der Waals surface area contributed by atoms with E-state index in [2.05, 4.69) is 0 Å². The van der Waals surface area contributed by atoms with E-state index in [1.165, 1.54) is 43.3 Å². The molecule has 0 radical (unpaired) electrons. The second kappa shape index (κ2) is 18.6. The van der Waals surface area contributed by atoms with Crippen LogP contribution < -0.4 is 0 Å². The molecule has 0 aromatic heterocycles. The Hall–Kier alpha value is -5.68. The first-order valence-electron chi connectivity index (χ1n) is 17.2. The number of esters is 6. The summed E-state index contributed by atoms with van der Waals surface area (Å²) in [5.74, 6) is -5.08. The average molecular weight is 765 g/mol. The molecule has 2 saturated heterocycles. The molecule has 3 aromatic carbocycles. The highest BCUT2D eigenvalue weighted by atomic mass is 16.8. The zero-order chi connectivity index (χ0) is 39.6. The fraction of sp³-hybridized carbons (Fsp3) is 0.385. The molecule has 2 fully saturated rings. The minimum atomic E-state index is -1.97. The van der Waals surface area contributed by atoms with Gasteiger partial charge in [0.25, 0.3) is 0 Å². The van der Waals surface area contributed by atoms with Crippen molar-refractivity contribution in [1.29, 1.82) is 0 Å². The van der Waals surface area contributed by atoms with E-state index < -0.39 is 104 Å². The second-order valence-electron chi connectivity index (χ2n) is 12.5. The van der Waals surface area contributed by atoms with Gasteiger partial charge in [-0.15, -0.1) is 0 Å². The molecule has 0 aliphatic carbocycles. The number of rotatable bonds is 12. The molecule has 55 heavy (non-hydrogen) atoms. The molecule has 5 rings (SSSR count).